The van der Waals surface area contributed by atoms with Crippen molar-refractivity contribution < 1.29 is 27.4 Å². The van der Waals surface area contributed by atoms with E-state index in [0.717, 1.165) is 18.6 Å². The maximum absolute atomic E-state index is 12.7. The third-order valence-electron chi connectivity index (χ3n) is 3.62. The minimum absolute atomic E-state index is 0.0586. The Labute approximate surface area is 141 Å². The monoisotopic (exact) mass is 352 g/mol. The zero-order valence-electron chi connectivity index (χ0n) is 13.0. The number of hydrogen-bond donors (Lipinski definition) is 1. The topological polar surface area (TPSA) is 60.5 Å². The summed E-state index contributed by atoms with van der Waals surface area (Å²) in [6, 6.07) is 7.35. The summed E-state index contributed by atoms with van der Waals surface area (Å²) >= 11 is 0. The van der Waals surface area contributed by atoms with Gasteiger partial charge >= 0.3 is 6.18 Å². The largest absolute Gasteiger partial charge is 0.472 e. The van der Waals surface area contributed by atoms with Crippen LogP contribution in [0.1, 0.15) is 22.3 Å². The first kappa shape index (κ1) is 17.2. The molecular formula is C17H15F3N2O3. The fourth-order valence-corrected chi connectivity index (χ4v) is 2.37. The van der Waals surface area contributed by atoms with Crippen LogP contribution in [0.5, 0.6) is 5.88 Å². The third kappa shape index (κ3) is 4.48. The van der Waals surface area contributed by atoms with Crippen molar-refractivity contribution in [1.82, 2.24) is 4.98 Å². The van der Waals surface area contributed by atoms with E-state index in [9.17, 15) is 18.0 Å². The number of halogens is 3. The summed E-state index contributed by atoms with van der Waals surface area (Å²) in [4.78, 5) is 16.3. The molecule has 1 fully saturated rings. The molecule has 1 atom stereocenters. The first-order chi connectivity index (χ1) is 11.9. The molecule has 0 bridgehead atoms. The van der Waals surface area contributed by atoms with Crippen LogP contribution in [-0.2, 0) is 10.9 Å². The van der Waals surface area contributed by atoms with Gasteiger partial charge in [-0.05, 0) is 24.3 Å². The van der Waals surface area contributed by atoms with Crippen molar-refractivity contribution in [3.63, 3.8) is 0 Å². The Morgan fingerprint density at radius 2 is 2.12 bits per heavy atom. The molecule has 132 valence electrons. The molecule has 1 N–H and O–H groups in total. The lowest BCUT2D eigenvalue weighted by Crippen LogP contribution is -2.17. The van der Waals surface area contributed by atoms with E-state index in [2.05, 4.69) is 10.3 Å². The van der Waals surface area contributed by atoms with Crippen LogP contribution in [0.3, 0.4) is 0 Å². The Kier molecular flexibility index (Phi) is 4.89. The fourth-order valence-electron chi connectivity index (χ4n) is 2.37. The molecule has 0 spiro atoms. The molecule has 1 unspecified atom stereocenters. The van der Waals surface area contributed by atoms with Gasteiger partial charge in [-0.25, -0.2) is 4.98 Å². The molecule has 25 heavy (non-hydrogen) atoms. The van der Waals surface area contributed by atoms with Gasteiger partial charge in [0, 0.05) is 29.9 Å². The van der Waals surface area contributed by atoms with Crippen molar-refractivity contribution in [2.45, 2.75) is 18.7 Å². The minimum Gasteiger partial charge on any atom is -0.472 e. The zero-order chi connectivity index (χ0) is 17.9. The molecule has 1 aliphatic heterocycles. The second kappa shape index (κ2) is 7.10. The van der Waals surface area contributed by atoms with Crippen LogP contribution < -0.4 is 10.1 Å². The molecule has 1 aliphatic rings. The number of anilines is 1. The summed E-state index contributed by atoms with van der Waals surface area (Å²) in [5, 5.41) is 2.44. The molecule has 3 rings (SSSR count). The summed E-state index contributed by atoms with van der Waals surface area (Å²) in [5.74, 6) is -0.276. The van der Waals surface area contributed by atoms with Crippen molar-refractivity contribution in [1.29, 1.82) is 0 Å². The second-order valence-electron chi connectivity index (χ2n) is 5.52. The lowest BCUT2D eigenvalue weighted by atomic mass is 10.2. The van der Waals surface area contributed by atoms with E-state index in [1.165, 1.54) is 30.5 Å². The molecule has 2 heterocycles. The highest BCUT2D eigenvalue weighted by Crippen LogP contribution is 2.30. The number of alkyl halides is 3. The maximum atomic E-state index is 12.7. The first-order valence-electron chi connectivity index (χ1n) is 7.61. The van der Waals surface area contributed by atoms with Gasteiger partial charge in [0.05, 0.1) is 18.8 Å². The first-order valence-corrected chi connectivity index (χ1v) is 7.61. The summed E-state index contributed by atoms with van der Waals surface area (Å²) in [7, 11) is 0. The standard InChI is InChI=1S/C17H15F3N2O3/c18-17(19,20)12-2-1-3-13(9-12)22-16(23)11-4-6-21-15(8-11)25-14-5-7-24-10-14/h1-4,6,8-9,14H,5,7,10H2,(H,22,23). The highest BCUT2D eigenvalue weighted by atomic mass is 19.4. The number of carbonyl (C=O) groups excluding carboxylic acids is 1. The summed E-state index contributed by atoms with van der Waals surface area (Å²) < 4.78 is 49.0. The predicted molar refractivity (Wildman–Crippen MR) is 83.5 cm³/mol. The third-order valence-corrected chi connectivity index (χ3v) is 3.62. The van der Waals surface area contributed by atoms with E-state index in [0.29, 0.717) is 13.2 Å². The second-order valence-corrected chi connectivity index (χ2v) is 5.52. The number of benzene rings is 1. The van der Waals surface area contributed by atoms with Gasteiger partial charge in [0.1, 0.15) is 6.10 Å². The number of amides is 1. The van der Waals surface area contributed by atoms with Crippen LogP contribution in [0, 0.1) is 0 Å². The Bertz CT molecular complexity index is 759. The van der Waals surface area contributed by atoms with E-state index in [-0.39, 0.29) is 23.2 Å². The molecule has 1 aromatic carbocycles. The maximum Gasteiger partial charge on any atom is 0.416 e. The molecule has 0 aliphatic carbocycles. The lowest BCUT2D eigenvalue weighted by Gasteiger charge is -2.12. The van der Waals surface area contributed by atoms with E-state index in [1.54, 1.807) is 0 Å². The molecule has 1 aromatic heterocycles. The van der Waals surface area contributed by atoms with E-state index < -0.39 is 17.6 Å². The van der Waals surface area contributed by atoms with Crippen LogP contribution in [0.15, 0.2) is 42.6 Å². The quantitative estimate of drug-likeness (QED) is 0.915. The highest BCUT2D eigenvalue weighted by Gasteiger charge is 2.30. The fraction of sp³-hybridized carbons (Fsp3) is 0.294. The van der Waals surface area contributed by atoms with Gasteiger partial charge < -0.3 is 14.8 Å². The number of pyridine rings is 1. The molecule has 0 radical (unpaired) electrons. The van der Waals surface area contributed by atoms with Crippen LogP contribution in [-0.4, -0.2) is 30.2 Å². The van der Waals surface area contributed by atoms with Gasteiger partial charge in [0.2, 0.25) is 5.88 Å². The number of hydrogen-bond acceptors (Lipinski definition) is 4. The Balaban J connectivity index is 1.71. The normalized spacial score (nSPS) is 17.3. The molecule has 1 amide bonds. The van der Waals surface area contributed by atoms with Gasteiger partial charge in [-0.15, -0.1) is 0 Å². The van der Waals surface area contributed by atoms with Crippen LogP contribution in [0.25, 0.3) is 0 Å². The van der Waals surface area contributed by atoms with Gasteiger partial charge in [0.25, 0.3) is 5.91 Å². The average molecular weight is 352 g/mol. The summed E-state index contributed by atoms with van der Waals surface area (Å²) in [6.45, 7) is 1.07. The highest BCUT2D eigenvalue weighted by molar-refractivity contribution is 6.04. The number of rotatable bonds is 4. The van der Waals surface area contributed by atoms with Crippen molar-refractivity contribution in [3.05, 3.63) is 53.7 Å². The number of nitrogens with one attached hydrogen (secondary N) is 1. The summed E-state index contributed by atoms with van der Waals surface area (Å²) in [5.41, 5.74) is -0.532. The molecule has 5 nitrogen and oxygen atoms in total. The number of ether oxygens (including phenoxy) is 2. The Morgan fingerprint density at radius 1 is 1.28 bits per heavy atom. The van der Waals surface area contributed by atoms with Gasteiger partial charge in [-0.1, -0.05) is 6.07 Å². The Morgan fingerprint density at radius 3 is 2.84 bits per heavy atom. The van der Waals surface area contributed by atoms with Crippen molar-refractivity contribution in [2.24, 2.45) is 0 Å². The predicted octanol–water partition coefficient (Wildman–Crippen LogP) is 3.52. The molecular weight excluding hydrogens is 337 g/mol. The molecule has 1 saturated heterocycles. The van der Waals surface area contributed by atoms with Gasteiger partial charge in [-0.3, -0.25) is 4.79 Å². The van der Waals surface area contributed by atoms with Crippen LogP contribution in [0.2, 0.25) is 0 Å². The van der Waals surface area contributed by atoms with E-state index in [1.807, 2.05) is 0 Å². The SMILES string of the molecule is O=C(Nc1cccc(C(F)(F)F)c1)c1ccnc(OC2CCOC2)c1. The molecule has 0 saturated carbocycles. The minimum atomic E-state index is -4.47. The number of nitrogens with zero attached hydrogens (tertiary/aromatic N) is 1. The van der Waals surface area contributed by atoms with Crippen molar-refractivity contribution in [3.8, 4) is 5.88 Å². The number of carbonyl (C=O) groups is 1. The average Bonchev–Trinajstić information content (AvgIpc) is 3.07. The molecule has 2 aromatic rings. The van der Waals surface area contributed by atoms with E-state index in [4.69, 9.17) is 9.47 Å². The molecule has 8 heteroatoms. The van der Waals surface area contributed by atoms with Gasteiger partial charge in [0.15, 0.2) is 0 Å². The van der Waals surface area contributed by atoms with Crippen molar-refractivity contribution in [2.75, 3.05) is 18.5 Å². The number of aromatic nitrogens is 1. The smallest absolute Gasteiger partial charge is 0.416 e. The lowest BCUT2D eigenvalue weighted by molar-refractivity contribution is -0.137. The van der Waals surface area contributed by atoms with E-state index >= 15 is 0 Å². The van der Waals surface area contributed by atoms with Gasteiger partial charge in [-0.2, -0.15) is 13.2 Å². The zero-order valence-corrected chi connectivity index (χ0v) is 13.0. The Hall–Kier alpha value is -2.61. The van der Waals surface area contributed by atoms with Crippen LogP contribution in [0.4, 0.5) is 18.9 Å². The van der Waals surface area contributed by atoms with Crippen molar-refractivity contribution >= 4 is 11.6 Å². The summed E-state index contributed by atoms with van der Waals surface area (Å²) in [6.07, 6.45) is -2.44. The van der Waals surface area contributed by atoms with Crippen LogP contribution >= 0.6 is 0 Å².